The zero-order chi connectivity index (χ0) is 14.4. The molecule has 0 saturated carbocycles. The van der Waals surface area contributed by atoms with Gasteiger partial charge in [-0.05, 0) is 6.42 Å². The number of anilines is 1. The van der Waals surface area contributed by atoms with Crippen molar-refractivity contribution in [1.82, 2.24) is 9.97 Å². The molecule has 2 rings (SSSR count). The molecule has 0 aliphatic rings. The van der Waals surface area contributed by atoms with Crippen molar-refractivity contribution in [3.05, 3.63) is 24.0 Å². The van der Waals surface area contributed by atoms with Gasteiger partial charge in [-0.15, -0.1) is 11.8 Å². The number of unbranched alkanes of at least 4 members (excludes halogenated alkanes) is 1. The SMILES string of the molecule is CCCCc1cnc(CSc2cnc(NC(C)=O)s2)o1. The third kappa shape index (κ3) is 4.64. The fourth-order valence-corrected chi connectivity index (χ4v) is 3.32. The van der Waals surface area contributed by atoms with Gasteiger partial charge in [0.2, 0.25) is 11.8 Å². The number of oxazole rings is 1. The van der Waals surface area contributed by atoms with E-state index < -0.39 is 0 Å². The molecule has 2 aromatic heterocycles. The van der Waals surface area contributed by atoms with Gasteiger partial charge >= 0.3 is 0 Å². The molecule has 0 spiro atoms. The number of hydrogen-bond acceptors (Lipinski definition) is 6. The number of aryl methyl sites for hydroxylation is 1. The maximum Gasteiger partial charge on any atom is 0.223 e. The highest BCUT2D eigenvalue weighted by atomic mass is 32.2. The zero-order valence-electron chi connectivity index (χ0n) is 11.5. The molecule has 2 aromatic rings. The van der Waals surface area contributed by atoms with E-state index in [1.54, 1.807) is 24.2 Å². The minimum Gasteiger partial charge on any atom is -0.445 e. The molecule has 2 heterocycles. The Morgan fingerprint density at radius 1 is 1.45 bits per heavy atom. The van der Waals surface area contributed by atoms with Gasteiger partial charge in [0.05, 0.1) is 22.4 Å². The van der Waals surface area contributed by atoms with E-state index in [0.29, 0.717) is 10.9 Å². The van der Waals surface area contributed by atoms with Crippen molar-refractivity contribution in [2.24, 2.45) is 0 Å². The lowest BCUT2D eigenvalue weighted by Crippen LogP contribution is -2.04. The Hall–Kier alpha value is -1.34. The number of thiazole rings is 1. The number of nitrogens with one attached hydrogen (secondary N) is 1. The third-order valence-corrected chi connectivity index (χ3v) is 4.58. The second kappa shape index (κ2) is 7.44. The molecular formula is C13H17N3O2S2. The first-order chi connectivity index (χ1) is 9.67. The van der Waals surface area contributed by atoms with Crippen molar-refractivity contribution >= 4 is 34.1 Å². The molecule has 0 fully saturated rings. The monoisotopic (exact) mass is 311 g/mol. The summed E-state index contributed by atoms with van der Waals surface area (Å²) in [4.78, 5) is 19.3. The van der Waals surface area contributed by atoms with Gasteiger partial charge in [-0.25, -0.2) is 9.97 Å². The Balaban J connectivity index is 1.83. The number of thioether (sulfide) groups is 1. The lowest BCUT2D eigenvalue weighted by molar-refractivity contribution is -0.114. The second-order valence-corrected chi connectivity index (χ2v) is 6.58. The van der Waals surface area contributed by atoms with Crippen LogP contribution in [-0.4, -0.2) is 15.9 Å². The van der Waals surface area contributed by atoms with E-state index in [4.69, 9.17) is 4.42 Å². The first kappa shape index (κ1) is 15.1. The quantitative estimate of drug-likeness (QED) is 0.789. The molecular weight excluding hydrogens is 294 g/mol. The van der Waals surface area contributed by atoms with E-state index in [0.717, 1.165) is 35.1 Å². The maximum absolute atomic E-state index is 10.9. The Morgan fingerprint density at radius 2 is 2.30 bits per heavy atom. The summed E-state index contributed by atoms with van der Waals surface area (Å²) in [5.74, 6) is 2.25. The van der Waals surface area contributed by atoms with Crippen LogP contribution in [0.2, 0.25) is 0 Å². The van der Waals surface area contributed by atoms with Crippen LogP contribution in [-0.2, 0) is 17.0 Å². The molecule has 0 radical (unpaired) electrons. The summed E-state index contributed by atoms with van der Waals surface area (Å²) in [7, 11) is 0. The number of hydrogen-bond donors (Lipinski definition) is 1. The topological polar surface area (TPSA) is 68.0 Å². The van der Waals surface area contributed by atoms with Crippen molar-refractivity contribution in [2.75, 3.05) is 5.32 Å². The summed E-state index contributed by atoms with van der Waals surface area (Å²) in [6.07, 6.45) is 6.78. The second-order valence-electron chi connectivity index (χ2n) is 4.28. The van der Waals surface area contributed by atoms with Gasteiger partial charge < -0.3 is 9.73 Å². The molecule has 0 unspecified atom stereocenters. The molecule has 0 aromatic carbocycles. The molecule has 1 amide bonds. The fraction of sp³-hybridized carbons (Fsp3) is 0.462. The van der Waals surface area contributed by atoms with E-state index in [1.165, 1.54) is 18.3 Å². The predicted molar refractivity (Wildman–Crippen MR) is 81.1 cm³/mol. The minimum absolute atomic E-state index is 0.107. The highest BCUT2D eigenvalue weighted by molar-refractivity contribution is 8.00. The van der Waals surface area contributed by atoms with E-state index in [9.17, 15) is 4.79 Å². The molecule has 0 aliphatic carbocycles. The van der Waals surface area contributed by atoms with Gasteiger partial charge in [0.15, 0.2) is 5.13 Å². The summed E-state index contributed by atoms with van der Waals surface area (Å²) in [6.45, 7) is 3.63. The molecule has 0 aliphatic heterocycles. The average molecular weight is 311 g/mol. The van der Waals surface area contributed by atoms with Crippen LogP contribution in [0, 0.1) is 0 Å². The first-order valence-electron chi connectivity index (χ1n) is 6.47. The third-order valence-electron chi connectivity index (χ3n) is 2.48. The van der Waals surface area contributed by atoms with Gasteiger partial charge in [0.25, 0.3) is 0 Å². The van der Waals surface area contributed by atoms with Crippen molar-refractivity contribution in [1.29, 1.82) is 0 Å². The van der Waals surface area contributed by atoms with Crippen LogP contribution in [0.1, 0.15) is 38.3 Å². The predicted octanol–water partition coefficient (Wildman–Crippen LogP) is 3.72. The Bertz CT molecular complexity index is 565. The molecule has 0 atom stereocenters. The van der Waals surface area contributed by atoms with Crippen molar-refractivity contribution in [3.63, 3.8) is 0 Å². The Morgan fingerprint density at radius 3 is 3.05 bits per heavy atom. The fourth-order valence-electron chi connectivity index (χ4n) is 1.55. The van der Waals surface area contributed by atoms with Gasteiger partial charge in [-0.1, -0.05) is 24.7 Å². The molecule has 0 bridgehead atoms. The Labute approximate surface area is 126 Å². The van der Waals surface area contributed by atoms with Crippen LogP contribution < -0.4 is 5.32 Å². The van der Waals surface area contributed by atoms with Crippen LogP contribution in [0.25, 0.3) is 0 Å². The first-order valence-corrected chi connectivity index (χ1v) is 8.27. The summed E-state index contributed by atoms with van der Waals surface area (Å²) in [5.41, 5.74) is 0. The Kier molecular flexibility index (Phi) is 5.60. The van der Waals surface area contributed by atoms with Crippen LogP contribution >= 0.6 is 23.1 Å². The van der Waals surface area contributed by atoms with Crippen molar-refractivity contribution < 1.29 is 9.21 Å². The standard InChI is InChI=1S/C13H17N3O2S2/c1-3-4-5-10-6-14-11(18-10)8-19-12-7-15-13(20-12)16-9(2)17/h6-7H,3-5,8H2,1-2H3,(H,15,16,17). The van der Waals surface area contributed by atoms with Crippen LogP contribution in [0.4, 0.5) is 5.13 Å². The maximum atomic E-state index is 10.9. The average Bonchev–Trinajstić information content (AvgIpc) is 3.02. The number of nitrogens with zero attached hydrogens (tertiary/aromatic N) is 2. The zero-order valence-corrected chi connectivity index (χ0v) is 13.1. The molecule has 5 nitrogen and oxygen atoms in total. The lowest BCUT2D eigenvalue weighted by Gasteiger charge is -1.95. The molecule has 7 heteroatoms. The molecule has 1 N–H and O–H groups in total. The lowest BCUT2D eigenvalue weighted by atomic mass is 10.2. The number of carbonyl (C=O) groups is 1. The highest BCUT2D eigenvalue weighted by Gasteiger charge is 2.07. The van der Waals surface area contributed by atoms with Crippen LogP contribution in [0.3, 0.4) is 0 Å². The molecule has 0 saturated heterocycles. The van der Waals surface area contributed by atoms with Gasteiger partial charge in [0.1, 0.15) is 5.76 Å². The van der Waals surface area contributed by atoms with Crippen LogP contribution in [0.15, 0.2) is 21.0 Å². The van der Waals surface area contributed by atoms with E-state index in [-0.39, 0.29) is 5.91 Å². The van der Waals surface area contributed by atoms with Gasteiger partial charge in [0, 0.05) is 13.3 Å². The van der Waals surface area contributed by atoms with Crippen LogP contribution in [0.5, 0.6) is 0 Å². The van der Waals surface area contributed by atoms with Gasteiger partial charge in [-0.2, -0.15) is 0 Å². The largest absolute Gasteiger partial charge is 0.445 e. The summed E-state index contributed by atoms with van der Waals surface area (Å²) < 4.78 is 6.69. The number of rotatable bonds is 7. The van der Waals surface area contributed by atoms with Gasteiger partial charge in [-0.3, -0.25) is 4.79 Å². The minimum atomic E-state index is -0.107. The summed E-state index contributed by atoms with van der Waals surface area (Å²) in [6, 6.07) is 0. The van der Waals surface area contributed by atoms with E-state index in [2.05, 4.69) is 22.2 Å². The molecule has 108 valence electrons. The summed E-state index contributed by atoms with van der Waals surface area (Å²) in [5, 5.41) is 3.29. The smallest absolute Gasteiger partial charge is 0.223 e. The number of amides is 1. The highest BCUT2D eigenvalue weighted by Crippen LogP contribution is 2.30. The van der Waals surface area contributed by atoms with E-state index >= 15 is 0 Å². The summed E-state index contributed by atoms with van der Waals surface area (Å²) >= 11 is 3.06. The van der Waals surface area contributed by atoms with Crippen molar-refractivity contribution in [2.45, 2.75) is 43.1 Å². The number of carbonyl (C=O) groups excluding carboxylic acids is 1. The molecule has 20 heavy (non-hydrogen) atoms. The van der Waals surface area contributed by atoms with E-state index in [1.807, 2.05) is 0 Å². The normalized spacial score (nSPS) is 10.7. The van der Waals surface area contributed by atoms with Crippen molar-refractivity contribution in [3.8, 4) is 0 Å². The number of aromatic nitrogens is 2.